The first-order valence-corrected chi connectivity index (χ1v) is 8.98. The molecular weight excluding hydrogens is 304 g/mol. The van der Waals surface area contributed by atoms with Gasteiger partial charge in [-0.25, -0.2) is 0 Å². The molecule has 1 heterocycles. The van der Waals surface area contributed by atoms with E-state index in [1.807, 2.05) is 36.2 Å². The second-order valence-corrected chi connectivity index (χ2v) is 7.13. The fraction of sp³-hybridized carbons (Fsp3) is 0.632. The molecule has 1 N–H and O–H groups in total. The smallest absolute Gasteiger partial charge is 0.234 e. The van der Waals surface area contributed by atoms with Gasteiger partial charge in [0.1, 0.15) is 12.7 Å². The Morgan fingerprint density at radius 3 is 2.79 bits per heavy atom. The highest BCUT2D eigenvalue weighted by Crippen LogP contribution is 2.31. The van der Waals surface area contributed by atoms with Gasteiger partial charge >= 0.3 is 0 Å². The number of hydrogen-bond donors (Lipinski definition) is 1. The van der Waals surface area contributed by atoms with Gasteiger partial charge in [0.25, 0.3) is 0 Å². The van der Waals surface area contributed by atoms with Crippen LogP contribution in [0.1, 0.15) is 32.6 Å². The van der Waals surface area contributed by atoms with E-state index in [-0.39, 0.29) is 12.0 Å². The lowest BCUT2D eigenvalue weighted by Crippen LogP contribution is -2.47. The minimum Gasteiger partial charge on any atom is -0.486 e. The quantitative estimate of drug-likeness (QED) is 0.900. The van der Waals surface area contributed by atoms with E-state index in [0.29, 0.717) is 31.7 Å². The molecule has 2 aliphatic rings. The molecule has 1 aliphatic heterocycles. The fourth-order valence-electron chi connectivity index (χ4n) is 3.59. The molecule has 3 atom stereocenters. The van der Waals surface area contributed by atoms with Crippen LogP contribution < -0.4 is 14.8 Å². The van der Waals surface area contributed by atoms with Gasteiger partial charge in [-0.1, -0.05) is 31.9 Å². The lowest BCUT2D eigenvalue weighted by Gasteiger charge is -2.31. The number of likely N-dealkylation sites (N-methyl/N-ethyl adjacent to an activating group) is 1. The standard InChI is InChI=1S/C19H28N2O3/c1-14-7-3-4-8-16(14)20-19(22)12-21(2)11-15-13-23-17-9-5-6-10-18(17)24-15/h5-6,9-10,14-16H,3-4,7-8,11-13H2,1-2H3,(H,20,22)/t14-,15+,16-/m1/s1. The number of carbonyl (C=O) groups excluding carboxylic acids is 1. The van der Waals surface area contributed by atoms with Crippen LogP contribution in [0.3, 0.4) is 0 Å². The summed E-state index contributed by atoms with van der Waals surface area (Å²) in [5.41, 5.74) is 0. The summed E-state index contributed by atoms with van der Waals surface area (Å²) in [7, 11) is 1.95. The summed E-state index contributed by atoms with van der Waals surface area (Å²) in [6, 6.07) is 8.03. The Morgan fingerprint density at radius 1 is 1.25 bits per heavy atom. The van der Waals surface area contributed by atoms with E-state index in [2.05, 4.69) is 12.2 Å². The molecule has 0 bridgehead atoms. The van der Waals surface area contributed by atoms with Crippen molar-refractivity contribution >= 4 is 5.91 Å². The van der Waals surface area contributed by atoms with Crippen LogP contribution in [-0.2, 0) is 4.79 Å². The predicted molar refractivity (Wildman–Crippen MR) is 93.4 cm³/mol. The Balaban J connectivity index is 1.44. The third-order valence-electron chi connectivity index (χ3n) is 4.95. The first-order chi connectivity index (χ1) is 11.6. The third kappa shape index (κ3) is 4.41. The molecule has 132 valence electrons. The molecule has 0 unspecified atom stereocenters. The van der Waals surface area contributed by atoms with Gasteiger partial charge in [0, 0.05) is 12.6 Å². The Labute approximate surface area is 144 Å². The largest absolute Gasteiger partial charge is 0.486 e. The highest BCUT2D eigenvalue weighted by atomic mass is 16.6. The van der Waals surface area contributed by atoms with Crippen molar-refractivity contribution in [3.8, 4) is 11.5 Å². The van der Waals surface area contributed by atoms with Crippen molar-refractivity contribution in [2.45, 2.75) is 44.8 Å². The zero-order chi connectivity index (χ0) is 16.9. The first-order valence-electron chi connectivity index (χ1n) is 8.98. The predicted octanol–water partition coefficient (Wildman–Crippen LogP) is 2.45. The minimum atomic E-state index is -0.0497. The van der Waals surface area contributed by atoms with E-state index < -0.39 is 0 Å². The molecule has 0 saturated heterocycles. The van der Waals surface area contributed by atoms with E-state index in [9.17, 15) is 4.79 Å². The SMILES string of the molecule is C[C@@H]1CCCC[C@H]1NC(=O)CN(C)C[C@H]1COc2ccccc2O1. The number of para-hydroxylation sites is 2. The van der Waals surface area contributed by atoms with Crippen LogP contribution in [0.2, 0.25) is 0 Å². The highest BCUT2D eigenvalue weighted by molar-refractivity contribution is 5.78. The summed E-state index contributed by atoms with van der Waals surface area (Å²) in [6.07, 6.45) is 4.78. The van der Waals surface area contributed by atoms with Gasteiger partial charge in [0.15, 0.2) is 11.5 Å². The molecule has 1 aromatic carbocycles. The van der Waals surface area contributed by atoms with Crippen LogP contribution in [0.4, 0.5) is 0 Å². The topological polar surface area (TPSA) is 50.8 Å². The number of ether oxygens (including phenoxy) is 2. The number of nitrogens with zero attached hydrogens (tertiary/aromatic N) is 1. The first kappa shape index (κ1) is 17.1. The van der Waals surface area contributed by atoms with Crippen molar-refractivity contribution in [3.05, 3.63) is 24.3 Å². The summed E-state index contributed by atoms with van der Waals surface area (Å²) in [4.78, 5) is 14.3. The second-order valence-electron chi connectivity index (χ2n) is 7.13. The lowest BCUT2D eigenvalue weighted by molar-refractivity contribution is -0.123. The Morgan fingerprint density at radius 2 is 2.00 bits per heavy atom. The third-order valence-corrected chi connectivity index (χ3v) is 4.95. The molecule has 0 aromatic heterocycles. The van der Waals surface area contributed by atoms with E-state index in [1.165, 1.54) is 19.3 Å². The summed E-state index contributed by atoms with van der Waals surface area (Å²) < 4.78 is 11.7. The van der Waals surface area contributed by atoms with Crippen LogP contribution in [0, 0.1) is 5.92 Å². The van der Waals surface area contributed by atoms with E-state index in [0.717, 1.165) is 17.9 Å². The normalized spacial score (nSPS) is 26.2. The van der Waals surface area contributed by atoms with Crippen molar-refractivity contribution in [1.29, 1.82) is 0 Å². The molecule has 1 saturated carbocycles. The number of rotatable bonds is 5. The van der Waals surface area contributed by atoms with Gasteiger partial charge in [-0.05, 0) is 37.9 Å². The van der Waals surface area contributed by atoms with Gasteiger partial charge < -0.3 is 14.8 Å². The number of hydrogen-bond acceptors (Lipinski definition) is 4. The Hall–Kier alpha value is -1.75. The molecule has 5 nitrogen and oxygen atoms in total. The highest BCUT2D eigenvalue weighted by Gasteiger charge is 2.25. The number of nitrogens with one attached hydrogen (secondary N) is 1. The average Bonchev–Trinajstić information content (AvgIpc) is 2.56. The molecule has 1 fully saturated rings. The van der Waals surface area contributed by atoms with Gasteiger partial charge in [0.05, 0.1) is 6.54 Å². The molecule has 3 rings (SSSR count). The van der Waals surface area contributed by atoms with Crippen LogP contribution >= 0.6 is 0 Å². The van der Waals surface area contributed by atoms with Crippen molar-refractivity contribution in [3.63, 3.8) is 0 Å². The maximum Gasteiger partial charge on any atom is 0.234 e. The summed E-state index contributed by atoms with van der Waals surface area (Å²) in [5.74, 6) is 2.26. The monoisotopic (exact) mass is 332 g/mol. The van der Waals surface area contributed by atoms with Gasteiger partial charge in [0.2, 0.25) is 5.91 Å². The zero-order valence-corrected chi connectivity index (χ0v) is 14.7. The molecule has 24 heavy (non-hydrogen) atoms. The van der Waals surface area contributed by atoms with E-state index in [1.54, 1.807) is 0 Å². The summed E-state index contributed by atoms with van der Waals surface area (Å²) in [6.45, 7) is 3.81. The maximum absolute atomic E-state index is 12.3. The second kappa shape index (κ2) is 7.88. The van der Waals surface area contributed by atoms with Crippen LogP contribution in [-0.4, -0.2) is 49.7 Å². The molecule has 0 spiro atoms. The molecular formula is C19H28N2O3. The fourth-order valence-corrected chi connectivity index (χ4v) is 3.59. The molecule has 5 heteroatoms. The minimum absolute atomic E-state index is 0.0497. The molecule has 1 aliphatic carbocycles. The van der Waals surface area contributed by atoms with Gasteiger partial charge in [-0.3, -0.25) is 9.69 Å². The summed E-state index contributed by atoms with van der Waals surface area (Å²) >= 11 is 0. The number of benzene rings is 1. The van der Waals surface area contributed by atoms with Crippen LogP contribution in [0.15, 0.2) is 24.3 Å². The Kier molecular flexibility index (Phi) is 5.61. The maximum atomic E-state index is 12.3. The van der Waals surface area contributed by atoms with Crippen molar-refractivity contribution in [1.82, 2.24) is 10.2 Å². The van der Waals surface area contributed by atoms with Crippen molar-refractivity contribution < 1.29 is 14.3 Å². The van der Waals surface area contributed by atoms with E-state index in [4.69, 9.17) is 9.47 Å². The van der Waals surface area contributed by atoms with Gasteiger partial charge in [-0.15, -0.1) is 0 Å². The Bertz CT molecular complexity index is 563. The molecule has 1 aromatic rings. The number of fused-ring (bicyclic) bond motifs is 1. The molecule has 0 radical (unpaired) electrons. The number of amides is 1. The summed E-state index contributed by atoms with van der Waals surface area (Å²) in [5, 5.41) is 3.20. The van der Waals surface area contributed by atoms with Crippen molar-refractivity contribution in [2.75, 3.05) is 26.7 Å². The van der Waals surface area contributed by atoms with Crippen LogP contribution in [0.25, 0.3) is 0 Å². The van der Waals surface area contributed by atoms with Crippen LogP contribution in [0.5, 0.6) is 11.5 Å². The zero-order valence-electron chi connectivity index (χ0n) is 14.7. The van der Waals surface area contributed by atoms with E-state index >= 15 is 0 Å². The van der Waals surface area contributed by atoms with Gasteiger partial charge in [-0.2, -0.15) is 0 Å². The number of carbonyl (C=O) groups is 1. The molecule has 1 amide bonds. The lowest BCUT2D eigenvalue weighted by atomic mass is 9.86. The van der Waals surface area contributed by atoms with Crippen molar-refractivity contribution in [2.24, 2.45) is 5.92 Å². The average molecular weight is 332 g/mol.